The summed E-state index contributed by atoms with van der Waals surface area (Å²) in [6, 6.07) is 18.5. The molecule has 1 aromatic heterocycles. The maximum absolute atomic E-state index is 13.0. The van der Waals surface area contributed by atoms with Crippen LogP contribution in [0.4, 0.5) is 0 Å². The van der Waals surface area contributed by atoms with Gasteiger partial charge in [-0.3, -0.25) is 9.59 Å². The highest BCUT2D eigenvalue weighted by molar-refractivity contribution is 6.46. The van der Waals surface area contributed by atoms with E-state index in [-0.39, 0.29) is 17.9 Å². The second kappa shape index (κ2) is 7.67. The quantitative estimate of drug-likeness (QED) is 0.407. The van der Waals surface area contributed by atoms with E-state index in [4.69, 9.17) is 9.15 Å². The topological polar surface area (TPSA) is 80.0 Å². The Morgan fingerprint density at radius 3 is 2.45 bits per heavy atom. The number of aliphatic hydroxyl groups is 1. The standard InChI is InChI=1S/C23H19NO5/c1-28-18-12-6-5-11-17(18)20-19(21(25)15-8-3-2-4-9-15)22(26)23(27)24(20)14-16-10-7-13-29-16/h2-13,20,25H,14H2,1H3/b21-19+/t20-/m1/s1. The molecule has 146 valence electrons. The number of benzene rings is 2. The molecule has 0 aliphatic carbocycles. The van der Waals surface area contributed by atoms with E-state index in [1.165, 1.54) is 18.3 Å². The lowest BCUT2D eigenvalue weighted by molar-refractivity contribution is -0.140. The van der Waals surface area contributed by atoms with Crippen molar-refractivity contribution in [3.8, 4) is 5.75 Å². The second-order valence-corrected chi connectivity index (χ2v) is 6.61. The summed E-state index contributed by atoms with van der Waals surface area (Å²) in [5.74, 6) is -0.611. The summed E-state index contributed by atoms with van der Waals surface area (Å²) < 4.78 is 10.9. The number of nitrogens with zero attached hydrogens (tertiary/aromatic N) is 1. The van der Waals surface area contributed by atoms with Gasteiger partial charge in [-0.1, -0.05) is 48.5 Å². The molecule has 2 aromatic carbocycles. The van der Waals surface area contributed by atoms with Crippen LogP contribution in [0.25, 0.3) is 5.76 Å². The fraction of sp³-hybridized carbons (Fsp3) is 0.130. The molecule has 1 aliphatic heterocycles. The van der Waals surface area contributed by atoms with Crippen LogP contribution in [0.15, 0.2) is 83.0 Å². The lowest BCUT2D eigenvalue weighted by Crippen LogP contribution is -2.29. The summed E-state index contributed by atoms with van der Waals surface area (Å²) in [4.78, 5) is 27.3. The molecule has 0 unspecified atom stereocenters. The van der Waals surface area contributed by atoms with E-state index in [1.54, 1.807) is 60.7 Å². The number of Topliss-reactive ketones (excluding diaryl/α,β-unsaturated/α-hetero) is 1. The van der Waals surface area contributed by atoms with E-state index in [0.717, 1.165) is 0 Å². The molecule has 0 saturated carbocycles. The predicted molar refractivity (Wildman–Crippen MR) is 106 cm³/mol. The summed E-state index contributed by atoms with van der Waals surface area (Å²) in [5.41, 5.74) is 1.10. The predicted octanol–water partition coefficient (Wildman–Crippen LogP) is 3.91. The summed E-state index contributed by atoms with van der Waals surface area (Å²) in [6.07, 6.45) is 1.51. The highest BCUT2D eigenvalue weighted by atomic mass is 16.5. The van der Waals surface area contributed by atoms with Crippen LogP contribution in [0, 0.1) is 0 Å². The lowest BCUT2D eigenvalue weighted by Gasteiger charge is -2.25. The van der Waals surface area contributed by atoms with Crippen LogP contribution in [0.1, 0.15) is 22.9 Å². The van der Waals surface area contributed by atoms with Gasteiger partial charge >= 0.3 is 0 Å². The minimum atomic E-state index is -0.809. The van der Waals surface area contributed by atoms with Gasteiger partial charge in [-0.25, -0.2) is 0 Å². The van der Waals surface area contributed by atoms with Crippen molar-refractivity contribution in [3.63, 3.8) is 0 Å². The molecule has 4 rings (SSSR count). The lowest BCUT2D eigenvalue weighted by atomic mass is 9.94. The smallest absolute Gasteiger partial charge is 0.296 e. The van der Waals surface area contributed by atoms with Gasteiger partial charge in [-0.05, 0) is 18.2 Å². The fourth-order valence-electron chi connectivity index (χ4n) is 3.58. The van der Waals surface area contributed by atoms with Gasteiger partial charge in [-0.2, -0.15) is 0 Å². The fourth-order valence-corrected chi connectivity index (χ4v) is 3.58. The van der Waals surface area contributed by atoms with Crippen molar-refractivity contribution in [3.05, 3.63) is 95.5 Å². The first kappa shape index (κ1) is 18.6. The van der Waals surface area contributed by atoms with Crippen LogP contribution < -0.4 is 4.74 Å². The number of aliphatic hydroxyl groups excluding tert-OH is 1. The van der Waals surface area contributed by atoms with E-state index in [9.17, 15) is 14.7 Å². The Morgan fingerprint density at radius 2 is 1.76 bits per heavy atom. The van der Waals surface area contributed by atoms with Gasteiger partial charge in [0.05, 0.1) is 31.5 Å². The van der Waals surface area contributed by atoms with Gasteiger partial charge in [-0.15, -0.1) is 0 Å². The van der Waals surface area contributed by atoms with E-state index >= 15 is 0 Å². The summed E-state index contributed by atoms with van der Waals surface area (Å²) in [6.45, 7) is 0.0891. The Kier molecular flexibility index (Phi) is 4.91. The van der Waals surface area contributed by atoms with E-state index < -0.39 is 17.7 Å². The zero-order valence-electron chi connectivity index (χ0n) is 15.7. The number of para-hydroxylation sites is 1. The molecule has 3 aromatic rings. The van der Waals surface area contributed by atoms with Crippen molar-refractivity contribution in [2.24, 2.45) is 0 Å². The maximum atomic E-state index is 13.0. The van der Waals surface area contributed by atoms with E-state index in [1.807, 2.05) is 6.07 Å². The molecule has 2 heterocycles. The zero-order valence-corrected chi connectivity index (χ0v) is 15.7. The van der Waals surface area contributed by atoms with E-state index in [0.29, 0.717) is 22.6 Å². The summed E-state index contributed by atoms with van der Waals surface area (Å²) >= 11 is 0. The number of ketones is 1. The molecule has 1 atom stereocenters. The Labute approximate surface area is 167 Å². The first-order valence-electron chi connectivity index (χ1n) is 9.11. The number of rotatable bonds is 5. The molecule has 0 radical (unpaired) electrons. The number of furan rings is 1. The number of likely N-dealkylation sites (tertiary alicyclic amines) is 1. The summed E-state index contributed by atoms with van der Waals surface area (Å²) in [5, 5.41) is 11.0. The molecular formula is C23H19NO5. The van der Waals surface area contributed by atoms with Crippen LogP contribution >= 0.6 is 0 Å². The number of ether oxygens (including phenoxy) is 1. The minimum absolute atomic E-state index is 0.0252. The molecular weight excluding hydrogens is 370 g/mol. The molecule has 1 amide bonds. The van der Waals surface area contributed by atoms with Crippen LogP contribution in [0.5, 0.6) is 5.75 Å². The largest absolute Gasteiger partial charge is 0.507 e. The van der Waals surface area contributed by atoms with Gasteiger partial charge < -0.3 is 19.2 Å². The molecule has 6 nitrogen and oxygen atoms in total. The van der Waals surface area contributed by atoms with E-state index in [2.05, 4.69) is 0 Å². The van der Waals surface area contributed by atoms with Gasteiger partial charge in [0.1, 0.15) is 17.3 Å². The SMILES string of the molecule is COc1ccccc1[C@@H]1/C(=C(\O)c2ccccc2)C(=O)C(=O)N1Cc1ccco1. The molecule has 29 heavy (non-hydrogen) atoms. The Balaban J connectivity index is 1.91. The van der Waals surface area contributed by atoms with Crippen LogP contribution in [0.2, 0.25) is 0 Å². The van der Waals surface area contributed by atoms with Crippen LogP contribution in [-0.4, -0.2) is 28.8 Å². The average molecular weight is 389 g/mol. The van der Waals surface area contributed by atoms with Crippen molar-refractivity contribution in [1.29, 1.82) is 0 Å². The monoisotopic (exact) mass is 389 g/mol. The zero-order chi connectivity index (χ0) is 20.4. The third kappa shape index (κ3) is 3.29. The molecule has 1 aliphatic rings. The Bertz CT molecular complexity index is 1070. The van der Waals surface area contributed by atoms with Crippen LogP contribution in [-0.2, 0) is 16.1 Å². The third-order valence-corrected chi connectivity index (χ3v) is 4.93. The average Bonchev–Trinajstić information content (AvgIpc) is 3.36. The molecule has 1 N–H and O–H groups in total. The molecule has 1 fully saturated rings. The molecule has 6 heteroatoms. The number of amides is 1. The molecule has 0 bridgehead atoms. The van der Waals surface area contributed by atoms with Crippen molar-refractivity contribution < 1.29 is 23.8 Å². The Morgan fingerprint density at radius 1 is 1.03 bits per heavy atom. The number of carbonyl (C=O) groups is 2. The Hall–Kier alpha value is -3.80. The highest BCUT2D eigenvalue weighted by Crippen LogP contribution is 2.43. The number of hydrogen-bond acceptors (Lipinski definition) is 5. The first-order valence-corrected chi connectivity index (χ1v) is 9.11. The van der Waals surface area contributed by atoms with Crippen molar-refractivity contribution in [1.82, 2.24) is 4.90 Å². The van der Waals surface area contributed by atoms with Gasteiger partial charge in [0.2, 0.25) is 0 Å². The van der Waals surface area contributed by atoms with Crippen LogP contribution in [0.3, 0.4) is 0 Å². The van der Waals surface area contributed by atoms with Gasteiger partial charge in [0.25, 0.3) is 11.7 Å². The van der Waals surface area contributed by atoms with Gasteiger partial charge in [0, 0.05) is 11.1 Å². The first-order chi connectivity index (χ1) is 14.1. The highest BCUT2D eigenvalue weighted by Gasteiger charge is 2.47. The van der Waals surface area contributed by atoms with Crippen molar-refractivity contribution in [2.45, 2.75) is 12.6 Å². The maximum Gasteiger partial charge on any atom is 0.296 e. The van der Waals surface area contributed by atoms with Crippen molar-refractivity contribution in [2.75, 3.05) is 7.11 Å². The normalized spacial score (nSPS) is 18.2. The van der Waals surface area contributed by atoms with Gasteiger partial charge in [0.15, 0.2) is 0 Å². The number of methoxy groups -OCH3 is 1. The minimum Gasteiger partial charge on any atom is -0.507 e. The third-order valence-electron chi connectivity index (χ3n) is 4.93. The summed E-state index contributed by atoms with van der Waals surface area (Å²) in [7, 11) is 1.52. The molecule has 1 saturated heterocycles. The molecule has 0 spiro atoms. The van der Waals surface area contributed by atoms with Crippen molar-refractivity contribution >= 4 is 17.4 Å². The number of hydrogen-bond donors (Lipinski definition) is 1. The number of carbonyl (C=O) groups excluding carboxylic acids is 2. The second-order valence-electron chi connectivity index (χ2n) is 6.61.